The Morgan fingerprint density at radius 2 is 2.00 bits per heavy atom. The first-order valence-electron chi connectivity index (χ1n) is 5.85. The van der Waals surface area contributed by atoms with Gasteiger partial charge in [-0.05, 0) is 23.8 Å². The molecular formula is C13H15BrN2O3. The van der Waals surface area contributed by atoms with Crippen LogP contribution in [-0.2, 0) is 16.1 Å². The standard InChI is InChI=1S/C13H15BrN2O3/c1-15-7-13(18)16(8-12(15)17)6-9-5-10(19-2)3-4-11(9)14/h3-5H,6-8H2,1-2H3. The molecular weight excluding hydrogens is 312 g/mol. The Bertz CT molecular complexity index is 519. The van der Waals surface area contributed by atoms with Crippen LogP contribution in [0.3, 0.4) is 0 Å². The van der Waals surface area contributed by atoms with E-state index >= 15 is 0 Å². The molecule has 0 N–H and O–H groups in total. The molecule has 0 unspecified atom stereocenters. The summed E-state index contributed by atoms with van der Waals surface area (Å²) < 4.78 is 6.06. The van der Waals surface area contributed by atoms with E-state index in [4.69, 9.17) is 4.74 Å². The number of benzene rings is 1. The molecule has 1 fully saturated rings. The molecule has 5 nitrogen and oxygen atoms in total. The molecule has 0 saturated carbocycles. The molecule has 2 amide bonds. The van der Waals surface area contributed by atoms with Crippen molar-refractivity contribution in [2.45, 2.75) is 6.54 Å². The number of rotatable bonds is 3. The van der Waals surface area contributed by atoms with Crippen LogP contribution in [0.4, 0.5) is 0 Å². The smallest absolute Gasteiger partial charge is 0.242 e. The number of halogens is 1. The van der Waals surface area contributed by atoms with Crippen LogP contribution in [-0.4, -0.2) is 48.9 Å². The third kappa shape index (κ3) is 3.07. The Labute approximate surface area is 120 Å². The molecule has 1 heterocycles. The normalized spacial score (nSPS) is 15.9. The van der Waals surface area contributed by atoms with Gasteiger partial charge in [-0.2, -0.15) is 0 Å². The van der Waals surface area contributed by atoms with E-state index in [1.165, 1.54) is 4.90 Å². The molecule has 0 spiro atoms. The Morgan fingerprint density at radius 3 is 2.68 bits per heavy atom. The fraction of sp³-hybridized carbons (Fsp3) is 0.385. The van der Waals surface area contributed by atoms with Gasteiger partial charge in [-0.1, -0.05) is 15.9 Å². The SMILES string of the molecule is COc1ccc(Br)c(CN2CC(=O)N(C)CC2=O)c1. The minimum Gasteiger partial charge on any atom is -0.497 e. The van der Waals surface area contributed by atoms with Crippen molar-refractivity contribution < 1.29 is 14.3 Å². The van der Waals surface area contributed by atoms with Crippen molar-refractivity contribution in [3.05, 3.63) is 28.2 Å². The second kappa shape index (κ2) is 5.61. The molecule has 6 heteroatoms. The number of amides is 2. The first kappa shape index (κ1) is 13.9. The number of hydrogen-bond acceptors (Lipinski definition) is 3. The highest BCUT2D eigenvalue weighted by Gasteiger charge is 2.27. The molecule has 1 aromatic rings. The minimum absolute atomic E-state index is 0.0429. The summed E-state index contributed by atoms with van der Waals surface area (Å²) in [6.45, 7) is 0.662. The minimum atomic E-state index is -0.0446. The number of piperazine rings is 1. The topological polar surface area (TPSA) is 49.9 Å². The number of carbonyl (C=O) groups excluding carboxylic acids is 2. The van der Waals surface area contributed by atoms with E-state index in [0.29, 0.717) is 6.54 Å². The Balaban J connectivity index is 2.16. The van der Waals surface area contributed by atoms with Gasteiger partial charge in [0, 0.05) is 18.1 Å². The largest absolute Gasteiger partial charge is 0.497 e. The summed E-state index contributed by atoms with van der Waals surface area (Å²) in [6, 6.07) is 5.57. The predicted molar refractivity (Wildman–Crippen MR) is 73.7 cm³/mol. The zero-order chi connectivity index (χ0) is 14.0. The van der Waals surface area contributed by atoms with E-state index < -0.39 is 0 Å². The third-order valence-corrected chi connectivity index (χ3v) is 3.86. The fourth-order valence-corrected chi connectivity index (χ4v) is 2.28. The van der Waals surface area contributed by atoms with Gasteiger partial charge in [-0.25, -0.2) is 0 Å². The molecule has 0 radical (unpaired) electrons. The quantitative estimate of drug-likeness (QED) is 0.840. The van der Waals surface area contributed by atoms with Crippen molar-refractivity contribution in [2.24, 2.45) is 0 Å². The number of carbonyl (C=O) groups is 2. The third-order valence-electron chi connectivity index (χ3n) is 3.09. The van der Waals surface area contributed by atoms with Gasteiger partial charge in [0.05, 0.1) is 13.7 Å². The van der Waals surface area contributed by atoms with E-state index in [1.54, 1.807) is 19.1 Å². The Kier molecular flexibility index (Phi) is 4.09. The summed E-state index contributed by atoms with van der Waals surface area (Å²) in [6.07, 6.45) is 0. The molecule has 2 rings (SSSR count). The summed E-state index contributed by atoms with van der Waals surface area (Å²) in [5, 5.41) is 0. The van der Waals surface area contributed by atoms with Crippen LogP contribution in [0.5, 0.6) is 5.75 Å². The van der Waals surface area contributed by atoms with Crippen molar-refractivity contribution in [2.75, 3.05) is 27.2 Å². The van der Waals surface area contributed by atoms with Crippen LogP contribution in [0.15, 0.2) is 22.7 Å². The lowest BCUT2D eigenvalue weighted by Crippen LogP contribution is -2.51. The van der Waals surface area contributed by atoms with Crippen molar-refractivity contribution in [1.82, 2.24) is 9.80 Å². The molecule has 0 aliphatic carbocycles. The van der Waals surface area contributed by atoms with Crippen LogP contribution >= 0.6 is 15.9 Å². The maximum absolute atomic E-state index is 11.9. The van der Waals surface area contributed by atoms with Gasteiger partial charge in [0.15, 0.2) is 0 Å². The van der Waals surface area contributed by atoms with Crippen LogP contribution in [0.1, 0.15) is 5.56 Å². The van der Waals surface area contributed by atoms with Gasteiger partial charge in [-0.3, -0.25) is 9.59 Å². The summed E-state index contributed by atoms with van der Waals surface area (Å²) in [5.41, 5.74) is 0.921. The lowest BCUT2D eigenvalue weighted by Gasteiger charge is -2.31. The second-order valence-electron chi connectivity index (χ2n) is 4.46. The molecule has 1 saturated heterocycles. The fourth-order valence-electron chi connectivity index (χ4n) is 1.91. The lowest BCUT2D eigenvalue weighted by molar-refractivity contribution is -0.149. The van der Waals surface area contributed by atoms with Gasteiger partial charge in [0.2, 0.25) is 11.8 Å². The van der Waals surface area contributed by atoms with Crippen molar-refractivity contribution in [3.63, 3.8) is 0 Å². The number of nitrogens with zero attached hydrogens (tertiary/aromatic N) is 2. The highest BCUT2D eigenvalue weighted by Crippen LogP contribution is 2.24. The average Bonchev–Trinajstić information content (AvgIpc) is 2.38. The highest BCUT2D eigenvalue weighted by molar-refractivity contribution is 9.10. The van der Waals surface area contributed by atoms with E-state index in [9.17, 15) is 9.59 Å². The summed E-state index contributed by atoms with van der Waals surface area (Å²) in [4.78, 5) is 26.6. The average molecular weight is 327 g/mol. The summed E-state index contributed by atoms with van der Waals surface area (Å²) in [5.74, 6) is 0.640. The van der Waals surface area contributed by atoms with Gasteiger partial charge >= 0.3 is 0 Å². The second-order valence-corrected chi connectivity index (χ2v) is 5.31. The van der Waals surface area contributed by atoms with Crippen molar-refractivity contribution in [3.8, 4) is 5.75 Å². The number of ether oxygens (including phenoxy) is 1. The zero-order valence-electron chi connectivity index (χ0n) is 10.9. The number of methoxy groups -OCH3 is 1. The van der Waals surface area contributed by atoms with E-state index in [2.05, 4.69) is 15.9 Å². The zero-order valence-corrected chi connectivity index (χ0v) is 12.4. The van der Waals surface area contributed by atoms with E-state index in [0.717, 1.165) is 15.8 Å². The maximum atomic E-state index is 11.9. The molecule has 1 aliphatic rings. The van der Waals surface area contributed by atoms with Crippen LogP contribution in [0.2, 0.25) is 0 Å². The first-order chi connectivity index (χ1) is 9.01. The molecule has 102 valence electrons. The van der Waals surface area contributed by atoms with Gasteiger partial charge in [-0.15, -0.1) is 0 Å². The maximum Gasteiger partial charge on any atom is 0.242 e. The van der Waals surface area contributed by atoms with Crippen LogP contribution in [0.25, 0.3) is 0 Å². The molecule has 1 aliphatic heterocycles. The lowest BCUT2D eigenvalue weighted by atomic mass is 10.2. The number of likely N-dealkylation sites (N-methyl/N-ethyl adjacent to an activating group) is 1. The van der Waals surface area contributed by atoms with Crippen molar-refractivity contribution >= 4 is 27.7 Å². The van der Waals surface area contributed by atoms with Crippen molar-refractivity contribution in [1.29, 1.82) is 0 Å². The molecule has 0 bridgehead atoms. The number of hydrogen-bond donors (Lipinski definition) is 0. The van der Waals surface area contributed by atoms with Crippen LogP contribution < -0.4 is 4.74 Å². The van der Waals surface area contributed by atoms with E-state index in [-0.39, 0.29) is 24.9 Å². The summed E-state index contributed by atoms with van der Waals surface area (Å²) in [7, 11) is 3.23. The molecule has 1 aromatic carbocycles. The molecule has 0 aromatic heterocycles. The summed E-state index contributed by atoms with van der Waals surface area (Å²) >= 11 is 3.44. The monoisotopic (exact) mass is 326 g/mol. The Hall–Kier alpha value is -1.56. The van der Waals surface area contributed by atoms with Gasteiger partial charge in [0.1, 0.15) is 12.3 Å². The highest BCUT2D eigenvalue weighted by atomic mass is 79.9. The molecule has 0 atom stereocenters. The Morgan fingerprint density at radius 1 is 1.26 bits per heavy atom. The predicted octanol–water partition coefficient (Wildman–Crippen LogP) is 1.26. The van der Waals surface area contributed by atoms with Crippen LogP contribution in [0, 0.1) is 0 Å². The van der Waals surface area contributed by atoms with Gasteiger partial charge < -0.3 is 14.5 Å². The van der Waals surface area contributed by atoms with E-state index in [1.807, 2.05) is 18.2 Å². The first-order valence-corrected chi connectivity index (χ1v) is 6.64. The van der Waals surface area contributed by atoms with Gasteiger partial charge in [0.25, 0.3) is 0 Å². The molecule has 19 heavy (non-hydrogen) atoms.